The fourth-order valence-electron chi connectivity index (χ4n) is 3.67. The van der Waals surface area contributed by atoms with Crippen molar-refractivity contribution in [1.82, 2.24) is 14.5 Å². The number of rotatable bonds is 5. The smallest absolute Gasteiger partial charge is 0.263 e. The zero-order valence-corrected chi connectivity index (χ0v) is 18.9. The van der Waals surface area contributed by atoms with Crippen molar-refractivity contribution in [3.8, 4) is 0 Å². The van der Waals surface area contributed by atoms with Gasteiger partial charge in [-0.2, -0.15) is 0 Å². The summed E-state index contributed by atoms with van der Waals surface area (Å²) in [7, 11) is 0. The van der Waals surface area contributed by atoms with Crippen LogP contribution in [0.25, 0.3) is 10.2 Å². The van der Waals surface area contributed by atoms with Crippen LogP contribution in [0.4, 0.5) is 5.69 Å². The number of anilines is 1. The first kappa shape index (κ1) is 20.3. The maximum atomic E-state index is 13.3. The highest BCUT2D eigenvalue weighted by Gasteiger charge is 2.21. The summed E-state index contributed by atoms with van der Waals surface area (Å²) in [4.78, 5) is 35.0. The van der Waals surface area contributed by atoms with Crippen molar-refractivity contribution in [2.45, 2.75) is 39.8 Å². The summed E-state index contributed by atoms with van der Waals surface area (Å²) in [6.45, 7) is 6.50. The summed E-state index contributed by atoms with van der Waals surface area (Å²) in [5.74, 6) is 0.430. The number of fused-ring (bicyclic) bond motifs is 1. The second-order valence-corrected chi connectivity index (χ2v) is 9.54. The maximum absolute atomic E-state index is 13.3. The van der Waals surface area contributed by atoms with Gasteiger partial charge < -0.3 is 5.32 Å². The van der Waals surface area contributed by atoms with Gasteiger partial charge in [0.2, 0.25) is 5.91 Å². The zero-order chi connectivity index (χ0) is 20.5. The first-order chi connectivity index (χ1) is 13.9. The van der Waals surface area contributed by atoms with E-state index in [1.54, 1.807) is 15.9 Å². The number of halogens is 1. The Morgan fingerprint density at radius 2 is 1.90 bits per heavy atom. The Balaban J connectivity index is 1.68. The van der Waals surface area contributed by atoms with Crippen LogP contribution < -0.4 is 10.9 Å². The van der Waals surface area contributed by atoms with Gasteiger partial charge >= 0.3 is 0 Å². The number of nitrogens with one attached hydrogen (secondary N) is 1. The van der Waals surface area contributed by atoms with Gasteiger partial charge in [0.25, 0.3) is 5.56 Å². The minimum Gasteiger partial charge on any atom is -0.325 e. The molecule has 0 atom stereocenters. The molecule has 1 saturated heterocycles. The van der Waals surface area contributed by atoms with E-state index in [4.69, 9.17) is 4.98 Å². The third-order valence-corrected chi connectivity index (χ3v) is 6.99. The van der Waals surface area contributed by atoms with Crippen LogP contribution in [0.1, 0.15) is 29.1 Å². The van der Waals surface area contributed by atoms with Crippen LogP contribution in [0, 0.1) is 13.8 Å². The van der Waals surface area contributed by atoms with Crippen molar-refractivity contribution in [1.29, 1.82) is 0 Å². The summed E-state index contributed by atoms with van der Waals surface area (Å²) >= 11 is 4.94. The average molecular weight is 475 g/mol. The van der Waals surface area contributed by atoms with Gasteiger partial charge in [-0.3, -0.25) is 19.1 Å². The van der Waals surface area contributed by atoms with E-state index in [0.717, 1.165) is 45.7 Å². The van der Waals surface area contributed by atoms with Crippen molar-refractivity contribution in [3.63, 3.8) is 0 Å². The quantitative estimate of drug-likeness (QED) is 0.604. The molecule has 2 aromatic heterocycles. The molecule has 0 saturated carbocycles. The number of likely N-dealkylation sites (tertiary alicyclic amines) is 1. The monoisotopic (exact) mass is 474 g/mol. The number of carbonyl (C=O) groups is 1. The van der Waals surface area contributed by atoms with E-state index in [9.17, 15) is 9.59 Å². The summed E-state index contributed by atoms with van der Waals surface area (Å²) in [6.07, 6.45) is 2.32. The number of benzene rings is 1. The van der Waals surface area contributed by atoms with Crippen molar-refractivity contribution in [2.75, 3.05) is 18.4 Å². The lowest BCUT2D eigenvalue weighted by atomic mass is 10.2. The largest absolute Gasteiger partial charge is 0.325 e. The number of thiophene rings is 1. The first-order valence-electron chi connectivity index (χ1n) is 9.69. The van der Waals surface area contributed by atoms with Crippen molar-refractivity contribution >= 4 is 49.1 Å². The Morgan fingerprint density at radius 1 is 1.21 bits per heavy atom. The molecule has 29 heavy (non-hydrogen) atoms. The van der Waals surface area contributed by atoms with E-state index >= 15 is 0 Å². The van der Waals surface area contributed by atoms with E-state index in [-0.39, 0.29) is 18.0 Å². The van der Waals surface area contributed by atoms with Crippen LogP contribution in [-0.4, -0.2) is 33.4 Å². The van der Waals surface area contributed by atoms with Crippen LogP contribution >= 0.6 is 27.3 Å². The Kier molecular flexibility index (Phi) is 5.85. The molecule has 0 aliphatic carbocycles. The van der Waals surface area contributed by atoms with E-state index in [2.05, 4.69) is 26.1 Å². The van der Waals surface area contributed by atoms with Gasteiger partial charge in [-0.15, -0.1) is 11.3 Å². The molecule has 1 aromatic carbocycles. The summed E-state index contributed by atoms with van der Waals surface area (Å²) in [5, 5.41) is 3.51. The van der Waals surface area contributed by atoms with Gasteiger partial charge in [-0.05, 0) is 69.6 Å². The molecule has 0 unspecified atom stereocenters. The molecule has 1 N–H and O–H groups in total. The van der Waals surface area contributed by atoms with Gasteiger partial charge in [-0.1, -0.05) is 15.9 Å². The number of aryl methyl sites for hydroxylation is 2. The lowest BCUT2D eigenvalue weighted by molar-refractivity contribution is -0.116. The lowest BCUT2D eigenvalue weighted by Crippen LogP contribution is -2.33. The molecule has 0 bridgehead atoms. The molecule has 152 valence electrons. The number of amides is 1. The summed E-state index contributed by atoms with van der Waals surface area (Å²) < 4.78 is 2.49. The summed E-state index contributed by atoms with van der Waals surface area (Å²) in [6, 6.07) is 7.38. The molecule has 1 amide bonds. The van der Waals surface area contributed by atoms with Gasteiger partial charge in [0.15, 0.2) is 0 Å². The van der Waals surface area contributed by atoms with E-state index in [0.29, 0.717) is 23.4 Å². The lowest BCUT2D eigenvalue weighted by Gasteiger charge is -2.18. The fraction of sp³-hybridized carbons (Fsp3) is 0.381. The Hall–Kier alpha value is -2.03. The molecule has 1 aliphatic heterocycles. The predicted molar refractivity (Wildman–Crippen MR) is 121 cm³/mol. The van der Waals surface area contributed by atoms with Crippen molar-refractivity contribution < 1.29 is 4.79 Å². The number of hydrogen-bond acceptors (Lipinski definition) is 5. The van der Waals surface area contributed by atoms with Crippen molar-refractivity contribution in [3.05, 3.63) is 55.4 Å². The van der Waals surface area contributed by atoms with Gasteiger partial charge in [0.05, 0.1) is 11.9 Å². The van der Waals surface area contributed by atoms with Crippen LogP contribution in [0.2, 0.25) is 0 Å². The molecular weight excluding hydrogens is 452 g/mol. The zero-order valence-electron chi connectivity index (χ0n) is 16.5. The van der Waals surface area contributed by atoms with Crippen molar-refractivity contribution in [2.24, 2.45) is 0 Å². The Morgan fingerprint density at radius 3 is 2.59 bits per heavy atom. The maximum Gasteiger partial charge on any atom is 0.263 e. The van der Waals surface area contributed by atoms with Gasteiger partial charge in [0, 0.05) is 15.0 Å². The molecule has 0 spiro atoms. The molecule has 3 heterocycles. The topological polar surface area (TPSA) is 67.2 Å². The van der Waals surface area contributed by atoms with Gasteiger partial charge in [0.1, 0.15) is 17.2 Å². The minimum absolute atomic E-state index is 0.0463. The SMILES string of the molecule is Cc1sc2nc(CN3CCCC3)n(CC(=O)Nc3ccc(Br)cc3)c(=O)c2c1C. The number of nitrogens with zero attached hydrogens (tertiary/aromatic N) is 3. The van der Waals surface area contributed by atoms with E-state index < -0.39 is 0 Å². The standard InChI is InChI=1S/C21H23BrN4O2S/c1-13-14(2)29-20-19(13)21(28)26(17(24-20)11-25-9-3-4-10-25)12-18(27)23-16-7-5-15(22)6-8-16/h5-8H,3-4,9-12H2,1-2H3,(H,23,27). The fourth-order valence-corrected chi connectivity index (χ4v) is 4.97. The highest BCUT2D eigenvalue weighted by molar-refractivity contribution is 9.10. The Bertz CT molecular complexity index is 1110. The molecule has 0 radical (unpaired) electrons. The normalized spacial score (nSPS) is 14.6. The predicted octanol–water partition coefficient (Wildman–Crippen LogP) is 4.07. The van der Waals surface area contributed by atoms with Gasteiger partial charge in [-0.25, -0.2) is 4.98 Å². The molecule has 1 fully saturated rings. The molecule has 6 nitrogen and oxygen atoms in total. The number of hydrogen-bond donors (Lipinski definition) is 1. The molecule has 1 aliphatic rings. The highest BCUT2D eigenvalue weighted by atomic mass is 79.9. The van der Waals surface area contributed by atoms with E-state index in [1.165, 1.54) is 0 Å². The third kappa shape index (κ3) is 4.29. The number of aromatic nitrogens is 2. The second-order valence-electron chi connectivity index (χ2n) is 7.42. The minimum atomic E-state index is -0.233. The van der Waals surface area contributed by atoms with Crippen LogP contribution in [-0.2, 0) is 17.9 Å². The molecular formula is C21H23BrN4O2S. The first-order valence-corrected chi connectivity index (χ1v) is 11.3. The summed E-state index contributed by atoms with van der Waals surface area (Å²) in [5.41, 5.74) is 1.53. The molecule has 4 rings (SSSR count). The average Bonchev–Trinajstić information content (AvgIpc) is 3.29. The van der Waals surface area contributed by atoms with Crippen LogP contribution in [0.15, 0.2) is 33.5 Å². The van der Waals surface area contributed by atoms with E-state index in [1.807, 2.05) is 38.1 Å². The molecule has 8 heteroatoms. The highest BCUT2D eigenvalue weighted by Crippen LogP contribution is 2.27. The third-order valence-electron chi connectivity index (χ3n) is 5.36. The Labute approximate surface area is 181 Å². The molecule has 3 aromatic rings. The number of carbonyl (C=O) groups excluding carboxylic acids is 1. The van der Waals surface area contributed by atoms with Crippen LogP contribution in [0.3, 0.4) is 0 Å². The second kappa shape index (κ2) is 8.38. The van der Waals surface area contributed by atoms with Crippen LogP contribution in [0.5, 0.6) is 0 Å².